The van der Waals surface area contributed by atoms with Crippen molar-refractivity contribution in [2.24, 2.45) is 0 Å². The molecule has 1 aromatic rings. The van der Waals surface area contributed by atoms with Crippen LogP contribution in [0.5, 0.6) is 0 Å². The third-order valence-corrected chi connectivity index (χ3v) is 4.20. The van der Waals surface area contributed by atoms with Crippen LogP contribution in [0.25, 0.3) is 0 Å². The maximum Gasteiger partial charge on any atom is 0.127 e. The lowest BCUT2D eigenvalue weighted by atomic mass is 9.73. The van der Waals surface area contributed by atoms with Crippen LogP contribution < -0.4 is 5.32 Å². The number of halogens is 1. The first-order valence-electron chi connectivity index (χ1n) is 5.82. The van der Waals surface area contributed by atoms with Crippen LogP contribution in [-0.4, -0.2) is 24.6 Å². The summed E-state index contributed by atoms with van der Waals surface area (Å²) >= 11 is 1.93. The van der Waals surface area contributed by atoms with Gasteiger partial charge in [-0.25, -0.2) is 4.39 Å². The first-order chi connectivity index (χ1) is 7.78. The molecule has 1 aliphatic rings. The van der Waals surface area contributed by atoms with E-state index < -0.39 is 0 Å². The van der Waals surface area contributed by atoms with E-state index in [1.165, 1.54) is 0 Å². The smallest absolute Gasteiger partial charge is 0.127 e. The largest absolute Gasteiger partial charge is 0.315 e. The summed E-state index contributed by atoms with van der Waals surface area (Å²) in [5, 5.41) is 3.28. The highest BCUT2D eigenvalue weighted by Crippen LogP contribution is 2.34. The summed E-state index contributed by atoms with van der Waals surface area (Å²) in [6, 6.07) is 7.21. The van der Waals surface area contributed by atoms with Crippen molar-refractivity contribution in [2.75, 3.05) is 24.6 Å². The fourth-order valence-electron chi connectivity index (χ4n) is 2.23. The Hall–Kier alpha value is -0.540. The van der Waals surface area contributed by atoms with Crippen molar-refractivity contribution in [2.45, 2.75) is 18.8 Å². The van der Waals surface area contributed by atoms with Crippen LogP contribution in [-0.2, 0) is 5.41 Å². The highest BCUT2D eigenvalue weighted by molar-refractivity contribution is 7.99. The lowest BCUT2D eigenvalue weighted by Gasteiger charge is -2.43. The summed E-state index contributed by atoms with van der Waals surface area (Å²) in [6.07, 6.45) is 1.07. The summed E-state index contributed by atoms with van der Waals surface area (Å²) in [4.78, 5) is 0. The van der Waals surface area contributed by atoms with E-state index in [9.17, 15) is 4.39 Å². The molecule has 1 heterocycles. The number of hydrogen-bond donors (Lipinski definition) is 1. The van der Waals surface area contributed by atoms with E-state index >= 15 is 0 Å². The SMILES string of the molecule is CCSCCC1(c2ccccc2F)CNC1. The molecule has 0 spiro atoms. The molecule has 1 nitrogen and oxygen atoms in total. The minimum atomic E-state index is -0.0505. The van der Waals surface area contributed by atoms with Crippen LogP contribution in [0.1, 0.15) is 18.9 Å². The molecule has 0 amide bonds. The maximum atomic E-state index is 13.8. The molecule has 3 heteroatoms. The second-order valence-electron chi connectivity index (χ2n) is 4.31. The van der Waals surface area contributed by atoms with Gasteiger partial charge in [0.2, 0.25) is 0 Å². The van der Waals surface area contributed by atoms with Crippen molar-refractivity contribution in [3.8, 4) is 0 Å². The molecule has 0 unspecified atom stereocenters. The van der Waals surface area contributed by atoms with E-state index in [1.807, 2.05) is 23.9 Å². The zero-order chi connectivity index (χ0) is 11.4. The zero-order valence-corrected chi connectivity index (χ0v) is 10.4. The molecule has 0 aliphatic carbocycles. The predicted octanol–water partition coefficient (Wildman–Crippen LogP) is 2.81. The third-order valence-electron chi connectivity index (χ3n) is 3.30. The molecule has 88 valence electrons. The van der Waals surface area contributed by atoms with Crippen molar-refractivity contribution < 1.29 is 4.39 Å². The minimum absolute atomic E-state index is 0.0491. The Morgan fingerprint density at radius 2 is 2.12 bits per heavy atom. The molecule has 0 bridgehead atoms. The van der Waals surface area contributed by atoms with Crippen molar-refractivity contribution >= 4 is 11.8 Å². The number of rotatable bonds is 5. The lowest BCUT2D eigenvalue weighted by molar-refractivity contribution is 0.261. The average Bonchev–Trinajstić information content (AvgIpc) is 2.24. The van der Waals surface area contributed by atoms with Gasteiger partial charge in [-0.2, -0.15) is 11.8 Å². The summed E-state index contributed by atoms with van der Waals surface area (Å²) in [7, 11) is 0. The molecule has 1 N–H and O–H groups in total. The van der Waals surface area contributed by atoms with Crippen LogP contribution in [0.2, 0.25) is 0 Å². The second kappa shape index (κ2) is 5.19. The van der Waals surface area contributed by atoms with Gasteiger partial charge >= 0.3 is 0 Å². The quantitative estimate of drug-likeness (QED) is 0.793. The van der Waals surface area contributed by atoms with Crippen LogP contribution in [0.4, 0.5) is 4.39 Å². The number of benzene rings is 1. The Bertz CT molecular complexity index is 350. The second-order valence-corrected chi connectivity index (χ2v) is 5.70. The molecule has 0 saturated carbocycles. The van der Waals surface area contributed by atoms with Gasteiger partial charge in [0.25, 0.3) is 0 Å². The van der Waals surface area contributed by atoms with Gasteiger partial charge in [0.1, 0.15) is 5.82 Å². The highest BCUT2D eigenvalue weighted by atomic mass is 32.2. The zero-order valence-electron chi connectivity index (χ0n) is 9.63. The summed E-state index contributed by atoms with van der Waals surface area (Å²) in [5.41, 5.74) is 0.943. The molecule has 1 saturated heterocycles. The fraction of sp³-hybridized carbons (Fsp3) is 0.538. The van der Waals surface area contributed by atoms with Crippen molar-refractivity contribution in [3.05, 3.63) is 35.6 Å². The van der Waals surface area contributed by atoms with E-state index in [0.717, 1.165) is 36.6 Å². The van der Waals surface area contributed by atoms with Gasteiger partial charge in [-0.1, -0.05) is 25.1 Å². The van der Waals surface area contributed by atoms with E-state index in [-0.39, 0.29) is 11.2 Å². The Balaban J connectivity index is 2.12. The Morgan fingerprint density at radius 3 is 2.69 bits per heavy atom. The Kier molecular flexibility index (Phi) is 3.87. The molecule has 1 aliphatic heterocycles. The molecule has 1 fully saturated rings. The normalized spacial score (nSPS) is 18.1. The number of hydrogen-bond acceptors (Lipinski definition) is 2. The van der Waals surface area contributed by atoms with E-state index in [0.29, 0.717) is 0 Å². The van der Waals surface area contributed by atoms with Crippen LogP contribution in [0.3, 0.4) is 0 Å². The topological polar surface area (TPSA) is 12.0 Å². The minimum Gasteiger partial charge on any atom is -0.315 e. The lowest BCUT2D eigenvalue weighted by Crippen LogP contribution is -2.57. The summed E-state index contributed by atoms with van der Waals surface area (Å²) < 4.78 is 13.8. The van der Waals surface area contributed by atoms with Gasteiger partial charge in [0.15, 0.2) is 0 Å². The Morgan fingerprint density at radius 1 is 1.38 bits per heavy atom. The molecule has 2 rings (SSSR count). The van der Waals surface area contributed by atoms with Crippen LogP contribution >= 0.6 is 11.8 Å². The first kappa shape index (κ1) is 11.9. The molecule has 0 atom stereocenters. The van der Waals surface area contributed by atoms with E-state index in [2.05, 4.69) is 12.2 Å². The van der Waals surface area contributed by atoms with Crippen molar-refractivity contribution in [1.82, 2.24) is 5.32 Å². The summed E-state index contributed by atoms with van der Waals surface area (Å²) in [5.74, 6) is 2.21. The molecular weight excluding hydrogens is 221 g/mol. The standard InChI is InChI=1S/C13H18FNS/c1-2-16-8-7-13(9-15-10-13)11-5-3-4-6-12(11)14/h3-6,15H,2,7-10H2,1H3. The Labute approximate surface area is 101 Å². The number of thioether (sulfide) groups is 1. The van der Waals surface area contributed by atoms with Crippen LogP contribution in [0, 0.1) is 5.82 Å². The van der Waals surface area contributed by atoms with Gasteiger partial charge in [-0.05, 0) is 29.6 Å². The third kappa shape index (κ3) is 2.25. The van der Waals surface area contributed by atoms with Gasteiger partial charge in [-0.3, -0.25) is 0 Å². The van der Waals surface area contributed by atoms with Crippen molar-refractivity contribution in [3.63, 3.8) is 0 Å². The summed E-state index contributed by atoms with van der Waals surface area (Å²) in [6.45, 7) is 4.00. The van der Waals surface area contributed by atoms with Gasteiger partial charge in [0, 0.05) is 18.5 Å². The predicted molar refractivity (Wildman–Crippen MR) is 68.6 cm³/mol. The molecule has 0 aromatic heterocycles. The molecule has 1 aromatic carbocycles. The average molecular weight is 239 g/mol. The maximum absolute atomic E-state index is 13.8. The first-order valence-corrected chi connectivity index (χ1v) is 6.97. The van der Waals surface area contributed by atoms with Gasteiger partial charge < -0.3 is 5.32 Å². The van der Waals surface area contributed by atoms with E-state index in [1.54, 1.807) is 12.1 Å². The van der Waals surface area contributed by atoms with Gasteiger partial charge in [-0.15, -0.1) is 0 Å². The monoisotopic (exact) mass is 239 g/mol. The highest BCUT2D eigenvalue weighted by Gasteiger charge is 2.39. The number of nitrogens with one attached hydrogen (secondary N) is 1. The van der Waals surface area contributed by atoms with Gasteiger partial charge in [0.05, 0.1) is 0 Å². The van der Waals surface area contributed by atoms with Crippen LogP contribution in [0.15, 0.2) is 24.3 Å². The van der Waals surface area contributed by atoms with Crippen molar-refractivity contribution in [1.29, 1.82) is 0 Å². The molecular formula is C13H18FNS. The van der Waals surface area contributed by atoms with E-state index in [4.69, 9.17) is 0 Å². The molecule has 16 heavy (non-hydrogen) atoms. The fourth-order valence-corrected chi connectivity index (χ4v) is 3.06. The molecule has 0 radical (unpaired) electrons.